The number of rotatable bonds is 7. The Morgan fingerprint density at radius 1 is 1.19 bits per heavy atom. The van der Waals surface area contributed by atoms with Crippen LogP contribution >= 0.6 is 0 Å². The molecule has 1 amide bonds. The third-order valence-electron chi connectivity index (χ3n) is 5.03. The van der Waals surface area contributed by atoms with Crippen LogP contribution in [0.15, 0.2) is 54.9 Å². The van der Waals surface area contributed by atoms with Gasteiger partial charge in [-0.1, -0.05) is 36.4 Å². The van der Waals surface area contributed by atoms with Gasteiger partial charge in [0.2, 0.25) is 0 Å². The zero-order chi connectivity index (χ0) is 22.7. The number of aliphatic hydroxyl groups is 1. The fourth-order valence-electron chi connectivity index (χ4n) is 3.50. The van der Waals surface area contributed by atoms with Gasteiger partial charge in [-0.05, 0) is 24.6 Å². The van der Waals surface area contributed by atoms with E-state index < -0.39 is 6.10 Å². The summed E-state index contributed by atoms with van der Waals surface area (Å²) in [5.74, 6) is 0.647. The monoisotopic (exact) mass is 432 g/mol. The number of hydrogen-bond acceptors (Lipinski definition) is 7. The predicted molar refractivity (Wildman–Crippen MR) is 121 cm³/mol. The van der Waals surface area contributed by atoms with Crippen LogP contribution in [0.25, 0.3) is 22.3 Å². The number of benzene rings is 2. The van der Waals surface area contributed by atoms with Crippen LogP contribution in [0.1, 0.15) is 22.8 Å². The quantitative estimate of drug-likeness (QED) is 0.409. The minimum atomic E-state index is -0.587. The molecular formula is C23H24N6O3. The highest BCUT2D eigenvalue weighted by Crippen LogP contribution is 2.30. The van der Waals surface area contributed by atoms with E-state index in [4.69, 9.17) is 10.5 Å². The third-order valence-corrected chi connectivity index (χ3v) is 5.03. The molecule has 164 valence electrons. The maximum atomic E-state index is 12.5. The lowest BCUT2D eigenvalue weighted by molar-refractivity contribution is 0.0948. The van der Waals surface area contributed by atoms with Crippen LogP contribution in [0, 0.1) is 0 Å². The van der Waals surface area contributed by atoms with Gasteiger partial charge in [-0.15, -0.1) is 0 Å². The number of amides is 1. The summed E-state index contributed by atoms with van der Waals surface area (Å²) in [6, 6.07) is 14.7. The number of hydrogen-bond donors (Lipinski definition) is 3. The van der Waals surface area contributed by atoms with Crippen molar-refractivity contribution in [3.63, 3.8) is 0 Å². The topological polar surface area (TPSA) is 128 Å². The summed E-state index contributed by atoms with van der Waals surface area (Å²) in [4.78, 5) is 20.9. The molecule has 0 aliphatic heterocycles. The fraction of sp³-hybridized carbons (Fsp3) is 0.217. The van der Waals surface area contributed by atoms with Gasteiger partial charge in [0, 0.05) is 12.1 Å². The van der Waals surface area contributed by atoms with Gasteiger partial charge in [0.1, 0.15) is 23.6 Å². The summed E-state index contributed by atoms with van der Waals surface area (Å²) in [6.07, 6.45) is 0.797. The zero-order valence-electron chi connectivity index (χ0n) is 17.8. The molecule has 2 aromatic heterocycles. The number of nitrogen functional groups attached to an aromatic ring is 1. The average molecular weight is 432 g/mol. The highest BCUT2D eigenvalue weighted by molar-refractivity contribution is 5.98. The Kier molecular flexibility index (Phi) is 6.00. The van der Waals surface area contributed by atoms with E-state index in [0.717, 1.165) is 11.1 Å². The Labute approximate surface area is 184 Å². The number of methoxy groups -OCH3 is 1. The van der Waals surface area contributed by atoms with Gasteiger partial charge < -0.3 is 20.9 Å². The first kappa shape index (κ1) is 21.3. The molecule has 4 N–H and O–H groups in total. The summed E-state index contributed by atoms with van der Waals surface area (Å²) in [5, 5.41) is 18.0. The minimum Gasteiger partial charge on any atom is -0.496 e. The molecule has 2 heterocycles. The minimum absolute atomic E-state index is 0.209. The maximum absolute atomic E-state index is 12.5. The first-order chi connectivity index (χ1) is 15.5. The number of aromatic nitrogens is 4. The standard InChI is InChI=1S/C23H24N6O3/c1-14(30)12-29-22-19(21(24)26-13-27-22)20(28-29)16-9-7-15(8-10-16)11-25-23(31)17-5-3-4-6-18(17)32-2/h3-10,13-14,30H,11-12H2,1-2H3,(H,25,31)(H2,24,26,27). The van der Waals surface area contributed by atoms with Crippen molar-refractivity contribution in [1.29, 1.82) is 0 Å². The van der Waals surface area contributed by atoms with Crippen molar-refractivity contribution >= 4 is 22.8 Å². The first-order valence-corrected chi connectivity index (χ1v) is 10.1. The second-order valence-corrected chi connectivity index (χ2v) is 7.42. The summed E-state index contributed by atoms with van der Waals surface area (Å²) in [6.45, 7) is 2.34. The summed E-state index contributed by atoms with van der Waals surface area (Å²) in [7, 11) is 1.54. The van der Waals surface area contributed by atoms with Gasteiger partial charge in [0.15, 0.2) is 5.65 Å². The lowest BCUT2D eigenvalue weighted by Crippen LogP contribution is -2.23. The molecule has 0 aliphatic rings. The van der Waals surface area contributed by atoms with E-state index in [1.54, 1.807) is 29.8 Å². The number of anilines is 1. The predicted octanol–water partition coefficient (Wildman–Crippen LogP) is 2.39. The molecule has 1 atom stereocenters. The number of nitrogens with two attached hydrogens (primary N) is 1. The van der Waals surface area contributed by atoms with Crippen LogP contribution in [0.4, 0.5) is 5.82 Å². The molecule has 0 fully saturated rings. The van der Waals surface area contributed by atoms with E-state index >= 15 is 0 Å². The van der Waals surface area contributed by atoms with Crippen molar-refractivity contribution in [3.05, 3.63) is 66.0 Å². The SMILES string of the molecule is COc1ccccc1C(=O)NCc1ccc(-c2nn(CC(C)O)c3ncnc(N)c23)cc1. The highest BCUT2D eigenvalue weighted by atomic mass is 16.5. The molecular weight excluding hydrogens is 408 g/mol. The maximum Gasteiger partial charge on any atom is 0.255 e. The second-order valence-electron chi connectivity index (χ2n) is 7.42. The van der Waals surface area contributed by atoms with Gasteiger partial charge in [0.25, 0.3) is 5.91 Å². The normalized spacial score (nSPS) is 12.0. The van der Waals surface area contributed by atoms with Crippen LogP contribution in [-0.4, -0.2) is 44.0 Å². The Bertz CT molecular complexity index is 1250. The van der Waals surface area contributed by atoms with E-state index in [-0.39, 0.29) is 5.91 Å². The lowest BCUT2D eigenvalue weighted by Gasteiger charge is -2.09. The Hall–Kier alpha value is -3.98. The van der Waals surface area contributed by atoms with Gasteiger partial charge in [-0.25, -0.2) is 14.6 Å². The number of nitrogens with one attached hydrogen (secondary N) is 1. The van der Waals surface area contributed by atoms with E-state index in [2.05, 4.69) is 20.4 Å². The zero-order valence-corrected chi connectivity index (χ0v) is 17.8. The molecule has 0 radical (unpaired) electrons. The van der Waals surface area contributed by atoms with Crippen molar-refractivity contribution in [2.45, 2.75) is 26.1 Å². The van der Waals surface area contributed by atoms with E-state index in [1.165, 1.54) is 13.4 Å². The Morgan fingerprint density at radius 3 is 2.66 bits per heavy atom. The smallest absolute Gasteiger partial charge is 0.255 e. The van der Waals surface area contributed by atoms with Gasteiger partial charge >= 0.3 is 0 Å². The number of carbonyl (C=O) groups is 1. The van der Waals surface area contributed by atoms with Gasteiger partial charge in [-0.2, -0.15) is 5.10 Å². The van der Waals surface area contributed by atoms with Crippen LogP contribution < -0.4 is 15.8 Å². The highest BCUT2D eigenvalue weighted by Gasteiger charge is 2.18. The largest absolute Gasteiger partial charge is 0.496 e. The Balaban J connectivity index is 1.55. The number of nitrogens with zero attached hydrogens (tertiary/aromatic N) is 4. The van der Waals surface area contributed by atoms with Crippen LogP contribution in [0.2, 0.25) is 0 Å². The summed E-state index contributed by atoms with van der Waals surface area (Å²) >= 11 is 0. The van der Waals surface area contributed by atoms with Crippen molar-refractivity contribution in [2.75, 3.05) is 12.8 Å². The molecule has 0 saturated heterocycles. The van der Waals surface area contributed by atoms with E-state index in [0.29, 0.717) is 46.9 Å². The van der Waals surface area contributed by atoms with Crippen molar-refractivity contribution < 1.29 is 14.6 Å². The van der Waals surface area contributed by atoms with Gasteiger partial charge in [-0.3, -0.25) is 4.79 Å². The molecule has 4 rings (SSSR count). The average Bonchev–Trinajstić information content (AvgIpc) is 3.16. The van der Waals surface area contributed by atoms with Crippen LogP contribution in [-0.2, 0) is 13.1 Å². The molecule has 4 aromatic rings. The number of ether oxygens (including phenoxy) is 1. The van der Waals surface area contributed by atoms with Gasteiger partial charge in [0.05, 0.1) is 30.7 Å². The molecule has 1 unspecified atom stereocenters. The molecule has 0 bridgehead atoms. The van der Waals surface area contributed by atoms with E-state index in [1.807, 2.05) is 30.3 Å². The van der Waals surface area contributed by atoms with Crippen LogP contribution in [0.5, 0.6) is 5.75 Å². The summed E-state index contributed by atoms with van der Waals surface area (Å²) < 4.78 is 6.88. The molecule has 0 aliphatic carbocycles. The first-order valence-electron chi connectivity index (χ1n) is 10.1. The number of aliphatic hydroxyl groups excluding tert-OH is 1. The second kappa shape index (κ2) is 9.03. The molecule has 9 nitrogen and oxygen atoms in total. The number of para-hydroxylation sites is 1. The molecule has 32 heavy (non-hydrogen) atoms. The lowest BCUT2D eigenvalue weighted by atomic mass is 10.1. The fourth-order valence-corrected chi connectivity index (χ4v) is 3.50. The number of fused-ring (bicyclic) bond motifs is 1. The molecule has 2 aromatic carbocycles. The van der Waals surface area contributed by atoms with Crippen molar-refractivity contribution in [2.24, 2.45) is 0 Å². The van der Waals surface area contributed by atoms with Crippen molar-refractivity contribution in [3.8, 4) is 17.0 Å². The third kappa shape index (κ3) is 4.23. The van der Waals surface area contributed by atoms with Crippen LogP contribution in [0.3, 0.4) is 0 Å². The molecule has 9 heteroatoms. The number of carbonyl (C=O) groups excluding carboxylic acids is 1. The van der Waals surface area contributed by atoms with E-state index in [9.17, 15) is 9.90 Å². The molecule has 0 spiro atoms. The summed E-state index contributed by atoms with van der Waals surface area (Å²) in [5.41, 5.74) is 9.56. The molecule has 0 saturated carbocycles. The van der Waals surface area contributed by atoms with Crippen molar-refractivity contribution in [1.82, 2.24) is 25.1 Å². The Morgan fingerprint density at radius 2 is 1.94 bits per heavy atom.